The largest absolute Gasteiger partial charge is 0.471 e. The predicted molar refractivity (Wildman–Crippen MR) is 66.6 cm³/mol. The van der Waals surface area contributed by atoms with Crippen molar-refractivity contribution < 1.29 is 18.0 Å². The maximum absolute atomic E-state index is 12.1. The molecule has 0 aliphatic rings. The van der Waals surface area contributed by atoms with Gasteiger partial charge in [-0.2, -0.15) is 13.2 Å². The predicted octanol–water partition coefficient (Wildman–Crippen LogP) is 2.85. The zero-order valence-corrected chi connectivity index (χ0v) is 11.2. The van der Waals surface area contributed by atoms with Crippen molar-refractivity contribution in [1.82, 2.24) is 4.90 Å². The summed E-state index contributed by atoms with van der Waals surface area (Å²) in [5.74, 6) is -1.80. The molecule has 0 aliphatic carbocycles. The Morgan fingerprint density at radius 3 is 2.47 bits per heavy atom. The molecular formula is C11H11F3INO. The van der Waals surface area contributed by atoms with E-state index in [-0.39, 0.29) is 6.54 Å². The van der Waals surface area contributed by atoms with Crippen LogP contribution in [0.25, 0.3) is 0 Å². The van der Waals surface area contributed by atoms with Crippen molar-refractivity contribution in [2.75, 3.05) is 13.6 Å². The molecule has 1 aromatic rings. The van der Waals surface area contributed by atoms with Gasteiger partial charge in [-0.1, -0.05) is 18.2 Å². The lowest BCUT2D eigenvalue weighted by atomic mass is 10.1. The lowest BCUT2D eigenvalue weighted by molar-refractivity contribution is -0.184. The van der Waals surface area contributed by atoms with Gasteiger partial charge in [0.1, 0.15) is 0 Å². The Labute approximate surface area is 111 Å². The van der Waals surface area contributed by atoms with Crippen LogP contribution in [-0.4, -0.2) is 30.6 Å². The summed E-state index contributed by atoms with van der Waals surface area (Å²) in [6.45, 7) is 0.0539. The summed E-state index contributed by atoms with van der Waals surface area (Å²) < 4.78 is 37.3. The van der Waals surface area contributed by atoms with E-state index in [1.807, 2.05) is 24.3 Å². The first-order chi connectivity index (χ1) is 7.82. The summed E-state index contributed by atoms with van der Waals surface area (Å²) in [5.41, 5.74) is 0.940. The highest BCUT2D eigenvalue weighted by Gasteiger charge is 2.40. The average Bonchev–Trinajstić information content (AvgIpc) is 2.25. The number of benzene rings is 1. The molecule has 0 bridgehead atoms. The van der Waals surface area contributed by atoms with Crippen LogP contribution in [0.5, 0.6) is 0 Å². The van der Waals surface area contributed by atoms with Gasteiger partial charge < -0.3 is 4.90 Å². The Balaban J connectivity index is 2.58. The summed E-state index contributed by atoms with van der Waals surface area (Å²) in [5, 5.41) is 0. The van der Waals surface area contributed by atoms with Crippen molar-refractivity contribution in [2.45, 2.75) is 12.6 Å². The first-order valence-corrected chi connectivity index (χ1v) is 5.96. The minimum Gasteiger partial charge on any atom is -0.338 e. The minimum atomic E-state index is -4.79. The number of halogens is 4. The van der Waals surface area contributed by atoms with Crippen LogP contribution in [0.3, 0.4) is 0 Å². The molecule has 0 saturated heterocycles. The van der Waals surface area contributed by atoms with E-state index in [0.29, 0.717) is 11.3 Å². The highest BCUT2D eigenvalue weighted by atomic mass is 127. The zero-order valence-electron chi connectivity index (χ0n) is 9.09. The molecule has 0 N–H and O–H groups in total. The molecule has 0 saturated carbocycles. The number of hydrogen-bond acceptors (Lipinski definition) is 1. The van der Waals surface area contributed by atoms with E-state index in [0.717, 1.165) is 16.2 Å². The molecule has 94 valence electrons. The van der Waals surface area contributed by atoms with Gasteiger partial charge in [-0.3, -0.25) is 4.79 Å². The van der Waals surface area contributed by atoms with Crippen LogP contribution in [0.1, 0.15) is 5.56 Å². The Kier molecular flexibility index (Phi) is 4.79. The molecular weight excluding hydrogens is 346 g/mol. The Morgan fingerprint density at radius 2 is 1.94 bits per heavy atom. The lowest BCUT2D eigenvalue weighted by Gasteiger charge is -2.18. The Hall–Kier alpha value is -0.790. The van der Waals surface area contributed by atoms with Gasteiger partial charge in [-0.15, -0.1) is 0 Å². The number of amides is 1. The van der Waals surface area contributed by atoms with Crippen LogP contribution >= 0.6 is 22.6 Å². The second kappa shape index (κ2) is 5.70. The fourth-order valence-electron chi connectivity index (χ4n) is 1.31. The van der Waals surface area contributed by atoms with E-state index < -0.39 is 12.1 Å². The third-order valence-electron chi connectivity index (χ3n) is 2.26. The molecule has 0 aliphatic heterocycles. The van der Waals surface area contributed by atoms with Crippen LogP contribution in [-0.2, 0) is 11.2 Å². The smallest absolute Gasteiger partial charge is 0.338 e. The molecule has 0 fully saturated rings. The average molecular weight is 357 g/mol. The van der Waals surface area contributed by atoms with E-state index in [9.17, 15) is 18.0 Å². The number of carbonyl (C=O) groups is 1. The number of carbonyl (C=O) groups excluding carboxylic acids is 1. The topological polar surface area (TPSA) is 20.3 Å². The lowest BCUT2D eigenvalue weighted by Crippen LogP contribution is -2.39. The summed E-state index contributed by atoms with van der Waals surface area (Å²) in [6.07, 6.45) is -4.38. The van der Waals surface area contributed by atoms with E-state index >= 15 is 0 Å². The van der Waals surface area contributed by atoms with Crippen LogP contribution < -0.4 is 0 Å². The molecule has 1 amide bonds. The molecule has 0 unspecified atom stereocenters. The van der Waals surface area contributed by atoms with Crippen molar-refractivity contribution in [3.63, 3.8) is 0 Å². The van der Waals surface area contributed by atoms with E-state index in [2.05, 4.69) is 22.6 Å². The molecule has 2 nitrogen and oxygen atoms in total. The van der Waals surface area contributed by atoms with Crippen LogP contribution in [0.4, 0.5) is 13.2 Å². The highest BCUT2D eigenvalue weighted by molar-refractivity contribution is 14.1. The molecule has 0 atom stereocenters. The maximum Gasteiger partial charge on any atom is 0.471 e. The van der Waals surface area contributed by atoms with Crippen LogP contribution in [0, 0.1) is 3.57 Å². The molecule has 0 heterocycles. The molecule has 1 rings (SSSR count). The van der Waals surface area contributed by atoms with Crippen molar-refractivity contribution in [1.29, 1.82) is 0 Å². The summed E-state index contributed by atoms with van der Waals surface area (Å²) >= 11 is 2.11. The van der Waals surface area contributed by atoms with Gasteiger partial charge in [-0.05, 0) is 40.6 Å². The molecule has 6 heteroatoms. The van der Waals surface area contributed by atoms with Gasteiger partial charge in [0.15, 0.2) is 0 Å². The number of nitrogens with zero attached hydrogens (tertiary/aromatic N) is 1. The monoisotopic (exact) mass is 357 g/mol. The molecule has 1 aromatic carbocycles. The Bertz CT molecular complexity index is 406. The molecule has 17 heavy (non-hydrogen) atoms. The van der Waals surface area contributed by atoms with Crippen LogP contribution in [0.2, 0.25) is 0 Å². The van der Waals surface area contributed by atoms with E-state index in [1.54, 1.807) is 0 Å². The van der Waals surface area contributed by atoms with Gasteiger partial charge in [0.25, 0.3) is 0 Å². The Morgan fingerprint density at radius 1 is 1.35 bits per heavy atom. The van der Waals surface area contributed by atoms with Gasteiger partial charge in [-0.25, -0.2) is 0 Å². The molecule has 0 aromatic heterocycles. The maximum atomic E-state index is 12.1. The third-order valence-corrected chi connectivity index (χ3v) is 3.32. The summed E-state index contributed by atoms with van der Waals surface area (Å²) in [6, 6.07) is 7.40. The quantitative estimate of drug-likeness (QED) is 0.762. The summed E-state index contributed by atoms with van der Waals surface area (Å²) in [7, 11) is 1.16. The zero-order chi connectivity index (χ0) is 13.1. The number of hydrogen-bond donors (Lipinski definition) is 0. The standard InChI is InChI=1S/C11H11F3INO/c1-16(10(17)11(12,13)14)7-6-8-4-2-3-5-9(8)15/h2-5H,6-7H2,1H3. The van der Waals surface area contributed by atoms with Gasteiger partial charge in [0.05, 0.1) is 0 Å². The molecule has 0 radical (unpaired) electrons. The minimum absolute atomic E-state index is 0.0539. The van der Waals surface area contributed by atoms with Crippen molar-refractivity contribution >= 4 is 28.5 Å². The number of rotatable bonds is 3. The fraction of sp³-hybridized carbons (Fsp3) is 0.364. The van der Waals surface area contributed by atoms with E-state index in [1.165, 1.54) is 0 Å². The second-order valence-electron chi connectivity index (χ2n) is 3.57. The normalized spacial score (nSPS) is 11.4. The van der Waals surface area contributed by atoms with E-state index in [4.69, 9.17) is 0 Å². The highest BCUT2D eigenvalue weighted by Crippen LogP contribution is 2.18. The number of likely N-dealkylation sites (N-methyl/N-ethyl adjacent to an activating group) is 1. The first-order valence-electron chi connectivity index (χ1n) is 4.88. The van der Waals surface area contributed by atoms with Crippen molar-refractivity contribution in [3.8, 4) is 0 Å². The van der Waals surface area contributed by atoms with Crippen molar-refractivity contribution in [3.05, 3.63) is 33.4 Å². The number of alkyl halides is 3. The third kappa shape index (κ3) is 4.18. The second-order valence-corrected chi connectivity index (χ2v) is 4.73. The van der Waals surface area contributed by atoms with Crippen molar-refractivity contribution in [2.24, 2.45) is 0 Å². The SMILES string of the molecule is CN(CCc1ccccc1I)C(=O)C(F)(F)F. The summed E-state index contributed by atoms with van der Waals surface area (Å²) in [4.78, 5) is 11.6. The van der Waals surface area contributed by atoms with Gasteiger partial charge in [0, 0.05) is 17.2 Å². The van der Waals surface area contributed by atoms with Gasteiger partial charge in [0.2, 0.25) is 0 Å². The van der Waals surface area contributed by atoms with Gasteiger partial charge >= 0.3 is 12.1 Å². The first kappa shape index (κ1) is 14.3. The fourth-order valence-corrected chi connectivity index (χ4v) is 1.96. The van der Waals surface area contributed by atoms with Crippen LogP contribution in [0.15, 0.2) is 24.3 Å². The molecule has 0 spiro atoms.